The van der Waals surface area contributed by atoms with E-state index < -0.39 is 11.6 Å². The molecule has 0 radical (unpaired) electrons. The van der Waals surface area contributed by atoms with E-state index in [4.69, 9.17) is 4.74 Å². The van der Waals surface area contributed by atoms with E-state index in [9.17, 15) is 9.59 Å². The molecule has 1 N–H and O–H groups in total. The van der Waals surface area contributed by atoms with E-state index in [1.54, 1.807) is 4.90 Å². The van der Waals surface area contributed by atoms with Crippen molar-refractivity contribution in [1.29, 1.82) is 0 Å². The van der Waals surface area contributed by atoms with E-state index in [0.29, 0.717) is 32.2 Å². The predicted octanol–water partition coefficient (Wildman–Crippen LogP) is 0.748. The number of ether oxygens (including phenoxy) is 1. The molecular weight excluding hydrogens is 308 g/mol. The Morgan fingerprint density at radius 3 is 2.25 bits per heavy atom. The number of hydrogen-bond donors (Lipinski definition) is 1. The van der Waals surface area contributed by atoms with Gasteiger partial charge in [-0.2, -0.15) is 0 Å². The molecule has 7 nitrogen and oxygen atoms in total. The maximum Gasteiger partial charge on any atom is 0.411 e. The molecule has 2 aliphatic rings. The highest BCUT2D eigenvalue weighted by molar-refractivity contribution is 5.86. The lowest BCUT2D eigenvalue weighted by molar-refractivity contribution is -0.140. The van der Waals surface area contributed by atoms with Gasteiger partial charge >= 0.3 is 6.09 Å². The maximum absolute atomic E-state index is 13.0. The molecule has 2 rings (SSSR count). The molecule has 2 heterocycles. The summed E-state index contributed by atoms with van der Waals surface area (Å²) < 4.78 is 5.53. The number of nitrogens with zero attached hydrogens (tertiary/aromatic N) is 3. The SMILES string of the molecule is CC(C)N1CCN(C(=O)OC(C)(C)C)[C@@H](C(=O)N2CCNCC2)C1. The van der Waals surface area contributed by atoms with Crippen LogP contribution in [0.5, 0.6) is 0 Å². The zero-order chi connectivity index (χ0) is 17.9. The van der Waals surface area contributed by atoms with Gasteiger partial charge in [0, 0.05) is 51.9 Å². The number of hydrogen-bond acceptors (Lipinski definition) is 5. The highest BCUT2D eigenvalue weighted by Gasteiger charge is 2.40. The monoisotopic (exact) mass is 340 g/mol. The summed E-state index contributed by atoms with van der Waals surface area (Å²) >= 11 is 0. The summed E-state index contributed by atoms with van der Waals surface area (Å²) in [6.07, 6.45) is -0.389. The standard InChI is InChI=1S/C17H32N4O3/c1-13(2)20-10-11-21(16(23)24-17(3,4)5)14(12-20)15(22)19-8-6-18-7-9-19/h13-14,18H,6-12H2,1-5H3/t14-/m1/s1. The van der Waals surface area contributed by atoms with Crippen molar-refractivity contribution in [1.82, 2.24) is 20.0 Å². The second-order valence-electron chi connectivity index (χ2n) is 7.85. The number of carbonyl (C=O) groups excluding carboxylic acids is 2. The molecule has 0 saturated carbocycles. The number of nitrogens with one attached hydrogen (secondary N) is 1. The van der Waals surface area contributed by atoms with Crippen molar-refractivity contribution >= 4 is 12.0 Å². The van der Waals surface area contributed by atoms with E-state index in [1.165, 1.54) is 0 Å². The van der Waals surface area contributed by atoms with Crippen molar-refractivity contribution in [2.75, 3.05) is 45.8 Å². The maximum atomic E-state index is 13.0. The first kappa shape index (κ1) is 19.0. The third kappa shape index (κ3) is 4.83. The number of carbonyl (C=O) groups is 2. The van der Waals surface area contributed by atoms with E-state index in [1.807, 2.05) is 25.7 Å². The molecule has 2 aliphatic heterocycles. The summed E-state index contributed by atoms with van der Waals surface area (Å²) in [6, 6.07) is -0.113. The number of amides is 2. The molecule has 2 fully saturated rings. The van der Waals surface area contributed by atoms with Gasteiger partial charge in [-0.3, -0.25) is 14.6 Å². The summed E-state index contributed by atoms with van der Waals surface area (Å²) in [5.41, 5.74) is -0.561. The molecule has 0 spiro atoms. The highest BCUT2D eigenvalue weighted by Crippen LogP contribution is 2.19. The molecule has 1 atom stereocenters. The summed E-state index contributed by atoms with van der Waals surface area (Å²) in [4.78, 5) is 31.4. The third-order valence-corrected chi connectivity index (χ3v) is 4.48. The quantitative estimate of drug-likeness (QED) is 0.803. The average molecular weight is 340 g/mol. The molecule has 0 unspecified atom stereocenters. The fraction of sp³-hybridized carbons (Fsp3) is 0.882. The Morgan fingerprint density at radius 2 is 1.71 bits per heavy atom. The van der Waals surface area contributed by atoms with Crippen molar-refractivity contribution in [2.45, 2.75) is 52.3 Å². The predicted molar refractivity (Wildman–Crippen MR) is 92.9 cm³/mol. The Bertz CT molecular complexity index is 455. The first-order valence-corrected chi connectivity index (χ1v) is 8.92. The van der Waals surface area contributed by atoms with Crippen LogP contribution in [0.3, 0.4) is 0 Å². The van der Waals surface area contributed by atoms with E-state index in [-0.39, 0.29) is 12.0 Å². The topological polar surface area (TPSA) is 65.1 Å². The first-order valence-electron chi connectivity index (χ1n) is 8.92. The second-order valence-corrected chi connectivity index (χ2v) is 7.85. The summed E-state index contributed by atoms with van der Waals surface area (Å²) in [7, 11) is 0. The zero-order valence-electron chi connectivity index (χ0n) is 15.7. The Kier molecular flexibility index (Phi) is 6.09. The minimum Gasteiger partial charge on any atom is -0.444 e. The van der Waals surface area contributed by atoms with Crippen LogP contribution in [0.2, 0.25) is 0 Å². The molecule has 0 aliphatic carbocycles. The molecular formula is C17H32N4O3. The fourth-order valence-electron chi connectivity index (χ4n) is 3.12. The molecule has 0 aromatic rings. The van der Waals surface area contributed by atoms with Crippen molar-refractivity contribution in [2.24, 2.45) is 0 Å². The van der Waals surface area contributed by atoms with Crippen LogP contribution in [0.1, 0.15) is 34.6 Å². The first-order chi connectivity index (χ1) is 11.2. The van der Waals surface area contributed by atoms with E-state index >= 15 is 0 Å². The number of piperazine rings is 2. The van der Waals surface area contributed by atoms with Gasteiger partial charge in [0.1, 0.15) is 11.6 Å². The van der Waals surface area contributed by atoms with Crippen LogP contribution in [0.4, 0.5) is 4.79 Å². The van der Waals surface area contributed by atoms with Crippen LogP contribution in [0.25, 0.3) is 0 Å². The Balaban J connectivity index is 2.14. The van der Waals surface area contributed by atoms with Gasteiger partial charge in [-0.15, -0.1) is 0 Å². The Hall–Kier alpha value is -1.34. The molecule has 138 valence electrons. The normalized spacial score (nSPS) is 23.5. The lowest BCUT2D eigenvalue weighted by atomic mass is 10.1. The van der Waals surface area contributed by atoms with Crippen LogP contribution in [0, 0.1) is 0 Å². The Labute approximate surface area is 145 Å². The van der Waals surface area contributed by atoms with Gasteiger partial charge in [-0.05, 0) is 34.6 Å². The van der Waals surface area contributed by atoms with Crippen molar-refractivity contribution in [3.05, 3.63) is 0 Å². The molecule has 2 amide bonds. The molecule has 7 heteroatoms. The van der Waals surface area contributed by atoms with Gasteiger partial charge in [0.25, 0.3) is 0 Å². The van der Waals surface area contributed by atoms with Crippen LogP contribution in [-0.2, 0) is 9.53 Å². The minimum absolute atomic E-state index is 0.0349. The fourth-order valence-corrected chi connectivity index (χ4v) is 3.12. The van der Waals surface area contributed by atoms with E-state index in [0.717, 1.165) is 19.6 Å². The van der Waals surface area contributed by atoms with Gasteiger partial charge < -0.3 is 15.0 Å². The summed E-state index contributed by atoms with van der Waals surface area (Å²) in [6.45, 7) is 14.6. The molecule has 24 heavy (non-hydrogen) atoms. The van der Waals surface area contributed by atoms with Crippen molar-refractivity contribution in [3.63, 3.8) is 0 Å². The highest BCUT2D eigenvalue weighted by atomic mass is 16.6. The van der Waals surface area contributed by atoms with Crippen LogP contribution >= 0.6 is 0 Å². The van der Waals surface area contributed by atoms with Crippen molar-refractivity contribution < 1.29 is 14.3 Å². The average Bonchev–Trinajstić information content (AvgIpc) is 2.52. The van der Waals surface area contributed by atoms with Crippen molar-refractivity contribution in [3.8, 4) is 0 Å². The van der Waals surface area contributed by atoms with Gasteiger partial charge in [0.2, 0.25) is 5.91 Å². The third-order valence-electron chi connectivity index (χ3n) is 4.48. The molecule has 2 saturated heterocycles. The van der Waals surface area contributed by atoms with Gasteiger partial charge in [-0.25, -0.2) is 4.79 Å². The molecule has 0 aromatic heterocycles. The lowest BCUT2D eigenvalue weighted by Crippen LogP contribution is -2.63. The van der Waals surface area contributed by atoms with Crippen LogP contribution in [-0.4, -0.2) is 90.2 Å². The molecule has 0 aromatic carbocycles. The van der Waals surface area contributed by atoms with E-state index in [2.05, 4.69) is 24.1 Å². The Morgan fingerprint density at radius 1 is 1.08 bits per heavy atom. The summed E-state index contributed by atoms with van der Waals surface area (Å²) in [5, 5.41) is 3.26. The number of rotatable bonds is 2. The smallest absolute Gasteiger partial charge is 0.411 e. The van der Waals surface area contributed by atoms with Gasteiger partial charge in [0.05, 0.1) is 0 Å². The lowest BCUT2D eigenvalue weighted by Gasteiger charge is -2.44. The largest absolute Gasteiger partial charge is 0.444 e. The summed E-state index contributed by atoms with van der Waals surface area (Å²) in [5.74, 6) is 0.0349. The molecule has 0 bridgehead atoms. The second kappa shape index (κ2) is 7.70. The van der Waals surface area contributed by atoms with Gasteiger partial charge in [0.15, 0.2) is 0 Å². The minimum atomic E-state index is -0.561. The zero-order valence-corrected chi connectivity index (χ0v) is 15.7. The van der Waals surface area contributed by atoms with Crippen LogP contribution in [0.15, 0.2) is 0 Å². The van der Waals surface area contributed by atoms with Gasteiger partial charge in [-0.1, -0.05) is 0 Å². The van der Waals surface area contributed by atoms with Crippen LogP contribution < -0.4 is 5.32 Å².